The Kier molecular flexibility index (Phi) is 8.55. The Morgan fingerprint density at radius 2 is 1.72 bits per heavy atom. The topological polar surface area (TPSA) is 130 Å². The van der Waals surface area contributed by atoms with E-state index in [0.717, 1.165) is 0 Å². The van der Waals surface area contributed by atoms with Crippen molar-refractivity contribution in [1.82, 2.24) is 5.32 Å². The van der Waals surface area contributed by atoms with E-state index in [4.69, 9.17) is 15.9 Å². The highest BCUT2D eigenvalue weighted by molar-refractivity contribution is 5.76. The van der Waals surface area contributed by atoms with Gasteiger partial charge in [-0.1, -0.05) is 0 Å². The number of amides is 1. The van der Waals surface area contributed by atoms with Crippen LogP contribution >= 0.6 is 0 Å². The van der Waals surface area contributed by atoms with Gasteiger partial charge in [0.2, 0.25) is 5.91 Å². The minimum Gasteiger partial charge on any atom is -0.481 e. The summed E-state index contributed by atoms with van der Waals surface area (Å²) in [6, 6.07) is -0.851. The standard InChI is InChI=1S/C11H20N2O5/c12-8(11(17)18)4-1-2-7-13-9(14)5-3-6-10(15)16/h8H,1-7,12H2,(H,13,14)(H,15,16)(H,17,18). The summed E-state index contributed by atoms with van der Waals surface area (Å²) in [5.74, 6) is -2.11. The fourth-order valence-electron chi connectivity index (χ4n) is 1.33. The van der Waals surface area contributed by atoms with Crippen LogP contribution in [0.1, 0.15) is 38.5 Å². The normalized spacial score (nSPS) is 11.8. The summed E-state index contributed by atoms with van der Waals surface area (Å²) in [4.78, 5) is 31.8. The number of aliphatic carboxylic acids is 2. The Morgan fingerprint density at radius 1 is 1.06 bits per heavy atom. The summed E-state index contributed by atoms with van der Waals surface area (Å²) in [6.45, 7) is 0.457. The monoisotopic (exact) mass is 260 g/mol. The molecule has 0 aromatic rings. The quantitative estimate of drug-likeness (QED) is 0.407. The average Bonchev–Trinajstić information content (AvgIpc) is 2.27. The second-order valence-electron chi connectivity index (χ2n) is 4.04. The molecule has 0 heterocycles. The second-order valence-corrected chi connectivity index (χ2v) is 4.04. The molecular formula is C11H20N2O5. The van der Waals surface area contributed by atoms with Gasteiger partial charge in [0.1, 0.15) is 6.04 Å². The molecule has 104 valence electrons. The van der Waals surface area contributed by atoms with Crippen molar-refractivity contribution in [3.63, 3.8) is 0 Å². The fourth-order valence-corrected chi connectivity index (χ4v) is 1.33. The van der Waals surface area contributed by atoms with Gasteiger partial charge < -0.3 is 21.3 Å². The molecule has 1 unspecified atom stereocenters. The third-order valence-electron chi connectivity index (χ3n) is 2.38. The number of hydrogen-bond donors (Lipinski definition) is 4. The van der Waals surface area contributed by atoms with E-state index in [1.807, 2.05) is 0 Å². The molecule has 1 atom stereocenters. The van der Waals surface area contributed by atoms with Crippen LogP contribution in [0.4, 0.5) is 0 Å². The summed E-state index contributed by atoms with van der Waals surface area (Å²) in [5, 5.41) is 19.5. The lowest BCUT2D eigenvalue weighted by Gasteiger charge is -2.07. The Bertz CT molecular complexity index is 293. The Morgan fingerprint density at radius 3 is 2.28 bits per heavy atom. The number of rotatable bonds is 10. The molecule has 7 nitrogen and oxygen atoms in total. The first-order chi connectivity index (χ1) is 8.43. The summed E-state index contributed by atoms with van der Waals surface area (Å²) >= 11 is 0. The molecule has 0 aliphatic carbocycles. The van der Waals surface area contributed by atoms with E-state index in [2.05, 4.69) is 5.32 Å². The highest BCUT2D eigenvalue weighted by atomic mass is 16.4. The van der Waals surface area contributed by atoms with Gasteiger partial charge >= 0.3 is 11.9 Å². The van der Waals surface area contributed by atoms with Crippen molar-refractivity contribution in [3.8, 4) is 0 Å². The maximum Gasteiger partial charge on any atom is 0.320 e. The summed E-state index contributed by atoms with van der Waals surface area (Å²) < 4.78 is 0. The number of unbranched alkanes of at least 4 members (excludes halogenated alkanes) is 1. The molecule has 0 aliphatic rings. The SMILES string of the molecule is NC(CCCCNC(=O)CCCC(=O)O)C(=O)O. The third-order valence-corrected chi connectivity index (χ3v) is 2.38. The molecule has 5 N–H and O–H groups in total. The van der Waals surface area contributed by atoms with Crippen molar-refractivity contribution in [3.05, 3.63) is 0 Å². The van der Waals surface area contributed by atoms with Crippen LogP contribution in [-0.2, 0) is 14.4 Å². The van der Waals surface area contributed by atoms with Crippen LogP contribution in [0.5, 0.6) is 0 Å². The highest BCUT2D eigenvalue weighted by Gasteiger charge is 2.10. The zero-order chi connectivity index (χ0) is 14.0. The fraction of sp³-hybridized carbons (Fsp3) is 0.727. The molecule has 0 rings (SSSR count). The Labute approximate surface area is 105 Å². The first kappa shape index (κ1) is 16.4. The zero-order valence-electron chi connectivity index (χ0n) is 10.2. The van der Waals surface area contributed by atoms with E-state index in [1.54, 1.807) is 0 Å². The molecule has 0 aliphatic heterocycles. The molecular weight excluding hydrogens is 240 g/mol. The average molecular weight is 260 g/mol. The van der Waals surface area contributed by atoms with Gasteiger partial charge in [0.15, 0.2) is 0 Å². The van der Waals surface area contributed by atoms with Crippen molar-refractivity contribution in [2.45, 2.75) is 44.6 Å². The molecule has 0 spiro atoms. The molecule has 1 amide bonds. The number of carbonyl (C=O) groups excluding carboxylic acids is 1. The van der Waals surface area contributed by atoms with Gasteiger partial charge in [-0.25, -0.2) is 0 Å². The van der Waals surface area contributed by atoms with E-state index in [1.165, 1.54) is 0 Å². The van der Waals surface area contributed by atoms with Gasteiger partial charge in [-0.2, -0.15) is 0 Å². The first-order valence-electron chi connectivity index (χ1n) is 5.90. The number of carboxylic acids is 2. The second kappa shape index (κ2) is 9.41. The van der Waals surface area contributed by atoms with E-state index >= 15 is 0 Å². The lowest BCUT2D eigenvalue weighted by Crippen LogP contribution is -2.30. The van der Waals surface area contributed by atoms with Gasteiger partial charge in [0, 0.05) is 19.4 Å². The molecule has 0 saturated carbocycles. The molecule has 7 heteroatoms. The van der Waals surface area contributed by atoms with E-state index in [-0.39, 0.29) is 18.7 Å². The lowest BCUT2D eigenvalue weighted by molar-refractivity contribution is -0.139. The summed E-state index contributed by atoms with van der Waals surface area (Å²) in [5.41, 5.74) is 5.31. The van der Waals surface area contributed by atoms with Gasteiger partial charge in [-0.3, -0.25) is 14.4 Å². The first-order valence-corrected chi connectivity index (χ1v) is 5.90. The number of carbonyl (C=O) groups is 3. The van der Waals surface area contributed by atoms with Crippen molar-refractivity contribution in [1.29, 1.82) is 0 Å². The summed E-state index contributed by atoms with van der Waals surface area (Å²) in [7, 11) is 0. The molecule has 0 aromatic heterocycles. The van der Waals surface area contributed by atoms with Crippen LogP contribution < -0.4 is 11.1 Å². The Balaban J connectivity index is 3.40. The van der Waals surface area contributed by atoms with E-state index in [0.29, 0.717) is 32.2 Å². The van der Waals surface area contributed by atoms with Crippen LogP contribution in [0.15, 0.2) is 0 Å². The maximum absolute atomic E-state index is 11.2. The van der Waals surface area contributed by atoms with Crippen LogP contribution in [0, 0.1) is 0 Å². The number of nitrogens with two attached hydrogens (primary N) is 1. The smallest absolute Gasteiger partial charge is 0.320 e. The maximum atomic E-state index is 11.2. The molecule has 0 saturated heterocycles. The van der Waals surface area contributed by atoms with Crippen LogP contribution in [0.3, 0.4) is 0 Å². The Hall–Kier alpha value is -1.63. The van der Waals surface area contributed by atoms with Crippen LogP contribution in [0.2, 0.25) is 0 Å². The van der Waals surface area contributed by atoms with Crippen LogP contribution in [0.25, 0.3) is 0 Å². The van der Waals surface area contributed by atoms with Crippen molar-refractivity contribution in [2.24, 2.45) is 5.73 Å². The number of hydrogen-bond acceptors (Lipinski definition) is 4. The van der Waals surface area contributed by atoms with Crippen molar-refractivity contribution < 1.29 is 24.6 Å². The molecule has 0 aromatic carbocycles. The minimum atomic E-state index is -1.02. The number of nitrogens with one attached hydrogen (secondary N) is 1. The van der Waals surface area contributed by atoms with E-state index in [9.17, 15) is 14.4 Å². The predicted octanol–water partition coefficient (Wildman–Crippen LogP) is -0.0603. The van der Waals surface area contributed by atoms with E-state index < -0.39 is 18.0 Å². The van der Waals surface area contributed by atoms with Gasteiger partial charge in [0.05, 0.1) is 0 Å². The van der Waals surface area contributed by atoms with Gasteiger partial charge in [0.25, 0.3) is 0 Å². The van der Waals surface area contributed by atoms with Crippen molar-refractivity contribution in [2.75, 3.05) is 6.54 Å². The zero-order valence-corrected chi connectivity index (χ0v) is 10.2. The molecule has 0 radical (unpaired) electrons. The predicted molar refractivity (Wildman–Crippen MR) is 64.0 cm³/mol. The molecule has 18 heavy (non-hydrogen) atoms. The van der Waals surface area contributed by atoms with Gasteiger partial charge in [-0.05, 0) is 25.7 Å². The summed E-state index contributed by atoms with van der Waals surface area (Å²) in [6.07, 6.45) is 2.17. The number of carboxylic acid groups (broad SMARTS) is 2. The lowest BCUT2D eigenvalue weighted by atomic mass is 10.1. The van der Waals surface area contributed by atoms with Gasteiger partial charge in [-0.15, -0.1) is 0 Å². The highest BCUT2D eigenvalue weighted by Crippen LogP contribution is 1.99. The van der Waals surface area contributed by atoms with Crippen molar-refractivity contribution >= 4 is 17.8 Å². The third kappa shape index (κ3) is 9.59. The largest absolute Gasteiger partial charge is 0.481 e. The minimum absolute atomic E-state index is 0.0130. The molecule has 0 bridgehead atoms. The van der Waals surface area contributed by atoms with Crippen LogP contribution in [-0.4, -0.2) is 40.6 Å². The molecule has 0 fully saturated rings.